The topological polar surface area (TPSA) is 0 Å². The van der Waals surface area contributed by atoms with E-state index >= 15 is 0 Å². The predicted octanol–water partition coefficient (Wildman–Crippen LogP) is 17.7. The lowest BCUT2D eigenvalue weighted by Crippen LogP contribution is -2.60. The molecule has 0 heteroatoms. The Labute approximate surface area is 494 Å². The lowest BCUT2D eigenvalue weighted by molar-refractivity contribution is 0.237. The molecule has 18 rings (SSSR count). The Morgan fingerprint density at radius 1 is 0.298 bits per heavy atom. The Bertz CT molecular complexity index is 5180. The van der Waals surface area contributed by atoms with Gasteiger partial charge in [0.2, 0.25) is 0 Å². The average Bonchev–Trinajstić information content (AvgIpc) is 1.35. The van der Waals surface area contributed by atoms with Crippen molar-refractivity contribution in [2.45, 2.75) is 99.8 Å². The van der Waals surface area contributed by atoms with Crippen LogP contribution in [-0.2, 0) is 10.8 Å². The summed E-state index contributed by atoms with van der Waals surface area (Å²) in [5.74, 6) is -0.00641. The van der Waals surface area contributed by atoms with Crippen LogP contribution in [0.15, 0.2) is 187 Å². The highest BCUT2D eigenvalue weighted by molar-refractivity contribution is 6.08. The van der Waals surface area contributed by atoms with Crippen molar-refractivity contribution in [3.8, 4) is 0 Å². The van der Waals surface area contributed by atoms with E-state index in [0.29, 0.717) is 0 Å². The normalized spacial score (nSPS) is 20.0. The van der Waals surface area contributed by atoms with Crippen LogP contribution in [0.5, 0.6) is 0 Å². The minimum Gasteiger partial charge on any atom is -0.0786 e. The fourth-order valence-corrected chi connectivity index (χ4v) is 19.6. The number of fused-ring (bicyclic) bond motifs is 10. The van der Waals surface area contributed by atoms with Crippen LogP contribution in [0.1, 0.15) is 151 Å². The maximum Gasteiger partial charge on any atom is 0.0545 e. The summed E-state index contributed by atoms with van der Waals surface area (Å²) >= 11 is 0. The second kappa shape index (κ2) is 16.9. The van der Waals surface area contributed by atoms with E-state index in [2.05, 4.69) is 265 Å². The highest BCUT2D eigenvalue weighted by Gasteiger charge is 2.73. The number of hydrogen-bond acceptors (Lipinski definition) is 0. The molecule has 4 unspecified atom stereocenters. The summed E-state index contributed by atoms with van der Waals surface area (Å²) in [6.45, 7) is 28.0. The fourth-order valence-electron chi connectivity index (χ4n) is 19.6. The van der Waals surface area contributed by atoms with Gasteiger partial charge >= 0.3 is 0 Å². The number of hydrogen-bond donors (Lipinski definition) is 0. The Hall–Kier alpha value is -8.84. The van der Waals surface area contributed by atoms with Crippen LogP contribution in [0.4, 0.5) is 0 Å². The van der Waals surface area contributed by atoms with Gasteiger partial charge in [0, 0.05) is 11.8 Å². The summed E-state index contributed by atoms with van der Waals surface area (Å²) in [6.07, 6.45) is 5.44. The van der Waals surface area contributed by atoms with E-state index < -0.39 is 10.8 Å². The standard InChI is InChI=1S/C84H68/c1-43-35-47(5)67(48(6)36-43)72-56-24-14-13-23-55(56)71-61-33-34-66-80(77(61)74-58-26-16-15-25-57(58)73(79(74)78(71)72)68-49(7)37-44(2)38-50(68)8)84-63-30-20-18-28-60(63)76(70-53(11)41-46(4)42-54(70)12)82(84)81-75(69-51(9)39-45(3)40-52(69)10)59-27-17-19-29-62(59)83(66,81)64-31-21-22-32-65(64)84/h13-42,66,80H,1-12H3. The van der Waals surface area contributed by atoms with E-state index in [1.54, 1.807) is 0 Å². The molecule has 0 aromatic heterocycles. The van der Waals surface area contributed by atoms with Gasteiger partial charge in [-0.1, -0.05) is 204 Å². The van der Waals surface area contributed by atoms with Crippen molar-refractivity contribution < 1.29 is 0 Å². The van der Waals surface area contributed by atoms with E-state index in [-0.39, 0.29) is 11.8 Å². The molecule has 0 saturated heterocycles. The molecule has 10 aromatic carbocycles. The van der Waals surface area contributed by atoms with Gasteiger partial charge in [0.05, 0.1) is 10.8 Å². The molecule has 0 heterocycles. The van der Waals surface area contributed by atoms with Crippen molar-refractivity contribution in [3.63, 3.8) is 0 Å². The first-order chi connectivity index (χ1) is 40.7. The van der Waals surface area contributed by atoms with E-state index in [1.165, 1.54) is 209 Å². The monoisotopic (exact) mass is 1080 g/mol. The van der Waals surface area contributed by atoms with Crippen LogP contribution in [0.2, 0.25) is 0 Å². The molecule has 1 saturated carbocycles. The van der Waals surface area contributed by atoms with Crippen LogP contribution in [0.25, 0.3) is 28.4 Å². The summed E-state index contributed by atoms with van der Waals surface area (Å²) in [5.41, 5.74) is 43.0. The molecule has 0 amide bonds. The van der Waals surface area contributed by atoms with Crippen LogP contribution < -0.4 is 10.4 Å². The first-order valence-corrected chi connectivity index (χ1v) is 30.7. The Kier molecular flexibility index (Phi) is 10.0. The van der Waals surface area contributed by atoms with Gasteiger partial charge in [-0.05, 0) is 270 Å². The molecule has 0 aliphatic heterocycles. The molecule has 8 aliphatic carbocycles. The van der Waals surface area contributed by atoms with Crippen LogP contribution in [-0.4, -0.2) is 0 Å². The summed E-state index contributed by atoms with van der Waals surface area (Å²) in [4.78, 5) is 0. The quantitative estimate of drug-likeness (QED) is 0.165. The van der Waals surface area contributed by atoms with E-state index in [0.717, 1.165) is 0 Å². The summed E-state index contributed by atoms with van der Waals surface area (Å²) < 4.78 is 0. The third-order valence-electron chi connectivity index (χ3n) is 21.4. The molecule has 2 spiro atoms. The third-order valence-corrected chi connectivity index (χ3v) is 21.4. The first-order valence-electron chi connectivity index (χ1n) is 30.7. The van der Waals surface area contributed by atoms with E-state index in [4.69, 9.17) is 0 Å². The third kappa shape index (κ3) is 5.85. The number of allylic oxidation sites excluding steroid dienone is 3. The van der Waals surface area contributed by atoms with Crippen LogP contribution in [0.3, 0.4) is 0 Å². The molecule has 4 atom stereocenters. The van der Waals surface area contributed by atoms with Crippen molar-refractivity contribution in [3.05, 3.63) is 363 Å². The van der Waals surface area contributed by atoms with Crippen molar-refractivity contribution in [1.29, 1.82) is 0 Å². The first kappa shape index (κ1) is 49.7. The second-order valence-corrected chi connectivity index (χ2v) is 26.4. The molecule has 0 radical (unpaired) electrons. The predicted molar refractivity (Wildman–Crippen MR) is 348 cm³/mol. The largest absolute Gasteiger partial charge is 0.0786 e. The van der Waals surface area contributed by atoms with Crippen molar-refractivity contribution in [1.82, 2.24) is 0 Å². The molecule has 84 heavy (non-hydrogen) atoms. The lowest BCUT2D eigenvalue weighted by atomic mass is 9.36. The van der Waals surface area contributed by atoms with Crippen molar-refractivity contribution >= 4 is 28.4 Å². The Balaban J connectivity index is 1.16. The highest BCUT2D eigenvalue weighted by Crippen LogP contribution is 2.80. The van der Waals surface area contributed by atoms with Crippen molar-refractivity contribution in [2.75, 3.05) is 0 Å². The molecule has 404 valence electrons. The highest BCUT2D eigenvalue weighted by atomic mass is 14.7. The Morgan fingerprint density at radius 3 is 1.06 bits per heavy atom. The summed E-state index contributed by atoms with van der Waals surface area (Å²) in [7, 11) is 0. The number of rotatable bonds is 4. The van der Waals surface area contributed by atoms with E-state index in [1.807, 2.05) is 0 Å². The average molecular weight is 1080 g/mol. The minimum atomic E-state index is -0.627. The van der Waals surface area contributed by atoms with Gasteiger partial charge in [0.1, 0.15) is 0 Å². The molecule has 2 bridgehead atoms. The Morgan fingerprint density at radius 2 is 0.619 bits per heavy atom. The molecular weight excluding hydrogens is 1010 g/mol. The number of aryl methyl sites for hydroxylation is 12. The van der Waals surface area contributed by atoms with Gasteiger partial charge in [-0.15, -0.1) is 0 Å². The number of benzene rings is 10. The zero-order valence-electron chi connectivity index (χ0n) is 50.5. The molecular formula is C84H68. The van der Waals surface area contributed by atoms with E-state index in [9.17, 15) is 0 Å². The van der Waals surface area contributed by atoms with Gasteiger partial charge in [0.25, 0.3) is 0 Å². The molecule has 0 N–H and O–H groups in total. The molecule has 10 aromatic rings. The zero-order chi connectivity index (χ0) is 57.3. The van der Waals surface area contributed by atoms with Gasteiger partial charge in [-0.25, -0.2) is 0 Å². The van der Waals surface area contributed by atoms with Crippen LogP contribution >= 0.6 is 0 Å². The molecule has 8 aliphatic rings. The SMILES string of the molecule is Cc1cc(C)c(C2=C3C4=C(c5c(C)cc(C)cc5C)c5ccccc5C45c4ccccc4C3(c3ccccc32)C2C=Cc3c(c4c(c6c3=c3ccccc3=C6c3c(C)cc(C)cc3C)C(c3c(C)cc(C)cc3C)=c3ccccc3=4)C25)c(C)c1. The summed E-state index contributed by atoms with van der Waals surface area (Å²) in [6, 6.07) is 67.9. The van der Waals surface area contributed by atoms with Crippen LogP contribution in [0, 0.1) is 110 Å². The van der Waals surface area contributed by atoms with Crippen molar-refractivity contribution in [2.24, 2.45) is 5.92 Å². The lowest BCUT2D eigenvalue weighted by Gasteiger charge is -2.64. The molecule has 0 nitrogen and oxygen atoms in total. The van der Waals surface area contributed by atoms with Gasteiger partial charge in [0.15, 0.2) is 0 Å². The maximum absolute atomic E-state index is 2.77. The maximum atomic E-state index is 2.77. The fraction of sp³-hybridized carbons (Fsp3) is 0.190. The van der Waals surface area contributed by atoms with Gasteiger partial charge < -0.3 is 0 Å². The minimum absolute atomic E-state index is 0.0267. The molecule has 1 fully saturated rings. The van der Waals surface area contributed by atoms with Gasteiger partial charge in [-0.3, -0.25) is 0 Å². The zero-order valence-corrected chi connectivity index (χ0v) is 50.5. The summed E-state index contributed by atoms with van der Waals surface area (Å²) in [5, 5.41) is 8.16. The van der Waals surface area contributed by atoms with Gasteiger partial charge in [-0.2, -0.15) is 0 Å². The second-order valence-electron chi connectivity index (χ2n) is 26.4. The smallest absolute Gasteiger partial charge is 0.0545 e.